The molecule has 9 heteroatoms. The fourth-order valence-electron chi connectivity index (χ4n) is 2.08. The summed E-state index contributed by atoms with van der Waals surface area (Å²) in [6, 6.07) is 1.50. The molecular weight excluding hydrogens is 327 g/mol. The first kappa shape index (κ1) is 17.6. The zero-order valence-electron chi connectivity index (χ0n) is 12.9. The normalized spacial score (nSPS) is 18.5. The number of amides is 1. The van der Waals surface area contributed by atoms with Gasteiger partial charge in [-0.25, -0.2) is 18.3 Å². The van der Waals surface area contributed by atoms with E-state index in [0.29, 0.717) is 5.69 Å². The summed E-state index contributed by atoms with van der Waals surface area (Å²) in [5, 5.41) is 12.5. The van der Waals surface area contributed by atoms with Crippen molar-refractivity contribution in [2.24, 2.45) is 5.92 Å². The van der Waals surface area contributed by atoms with Gasteiger partial charge in [0.05, 0.1) is 5.69 Å². The first-order valence-electron chi connectivity index (χ1n) is 7.14. The molecule has 0 saturated heterocycles. The highest BCUT2D eigenvalue weighted by Crippen LogP contribution is 2.38. The highest BCUT2D eigenvalue weighted by Gasteiger charge is 2.43. The summed E-state index contributed by atoms with van der Waals surface area (Å²) in [5.74, 6) is -1.06. The fourth-order valence-corrected chi connectivity index (χ4v) is 2.93. The van der Waals surface area contributed by atoms with E-state index in [1.165, 1.54) is 24.5 Å². The van der Waals surface area contributed by atoms with Crippen LogP contribution in [0, 0.1) is 5.92 Å². The first-order chi connectivity index (χ1) is 10.7. The van der Waals surface area contributed by atoms with E-state index in [2.05, 4.69) is 5.16 Å². The molecule has 0 radical (unpaired) electrons. The molecular formula is C14H19FN2O5S. The van der Waals surface area contributed by atoms with Gasteiger partial charge in [0.25, 0.3) is 5.91 Å². The zero-order valence-corrected chi connectivity index (χ0v) is 13.7. The van der Waals surface area contributed by atoms with Crippen molar-refractivity contribution < 1.29 is 27.3 Å². The van der Waals surface area contributed by atoms with Crippen molar-refractivity contribution in [1.29, 1.82) is 0 Å². The number of hydrogen-bond acceptors (Lipinski definition) is 6. The summed E-state index contributed by atoms with van der Waals surface area (Å²) in [4.78, 5) is 11.7. The number of nitrogens with one attached hydrogen (secondary N) is 1. The predicted octanol–water partition coefficient (Wildman–Crippen LogP) is 1.64. The molecule has 1 aromatic heterocycles. The Kier molecular flexibility index (Phi) is 4.90. The van der Waals surface area contributed by atoms with E-state index in [9.17, 15) is 17.6 Å². The van der Waals surface area contributed by atoms with E-state index in [0.717, 1.165) is 19.1 Å². The van der Waals surface area contributed by atoms with E-state index in [1.54, 1.807) is 0 Å². The molecule has 2 N–H and O–H groups in total. The maximum absolute atomic E-state index is 13.6. The van der Waals surface area contributed by atoms with Crippen molar-refractivity contribution in [3.63, 3.8) is 0 Å². The molecule has 1 saturated carbocycles. The van der Waals surface area contributed by atoms with Crippen molar-refractivity contribution in [3.05, 3.63) is 23.3 Å². The Hall–Kier alpha value is -1.74. The fraction of sp³-hybridized carbons (Fsp3) is 0.571. The van der Waals surface area contributed by atoms with E-state index in [-0.39, 0.29) is 30.3 Å². The van der Waals surface area contributed by atoms with Crippen LogP contribution in [-0.2, 0) is 21.1 Å². The summed E-state index contributed by atoms with van der Waals surface area (Å²) >= 11 is 0. The van der Waals surface area contributed by atoms with E-state index in [4.69, 9.17) is 9.73 Å². The lowest BCUT2D eigenvalue weighted by atomic mass is 10.0. The van der Waals surface area contributed by atoms with Gasteiger partial charge in [0, 0.05) is 24.3 Å². The summed E-state index contributed by atoms with van der Waals surface area (Å²) in [6.45, 7) is 1.22. The van der Waals surface area contributed by atoms with E-state index in [1.807, 2.05) is 0 Å². The highest BCUT2D eigenvalue weighted by molar-refractivity contribution is 7.92. The molecule has 0 bridgehead atoms. The third kappa shape index (κ3) is 3.97. The van der Waals surface area contributed by atoms with Crippen LogP contribution >= 0.6 is 0 Å². The van der Waals surface area contributed by atoms with Crippen molar-refractivity contribution in [3.8, 4) is 0 Å². The number of rotatable bonds is 7. The maximum Gasteiger partial charge on any atom is 0.264 e. The minimum atomic E-state index is -3.76. The third-order valence-corrected chi connectivity index (χ3v) is 6.11. The Bertz CT molecular complexity index is 723. The molecule has 1 heterocycles. The molecule has 128 valence electrons. The second-order valence-electron chi connectivity index (χ2n) is 5.97. The SMILES string of the molecule is CC(CCc1cc(C=C(F)C2CC2)on1)(C(=O)NO)S(C)(=O)=O. The maximum atomic E-state index is 13.6. The number of aromatic nitrogens is 1. The molecule has 1 atom stereocenters. The van der Waals surface area contributed by atoms with Crippen LogP contribution in [-0.4, -0.2) is 35.7 Å². The van der Waals surface area contributed by atoms with Gasteiger partial charge in [-0.2, -0.15) is 0 Å². The zero-order chi connectivity index (χ0) is 17.3. The molecule has 23 heavy (non-hydrogen) atoms. The average molecular weight is 346 g/mol. The lowest BCUT2D eigenvalue weighted by Crippen LogP contribution is -2.49. The Morgan fingerprint density at radius 1 is 1.61 bits per heavy atom. The van der Waals surface area contributed by atoms with Crippen molar-refractivity contribution in [1.82, 2.24) is 10.6 Å². The third-order valence-electron chi connectivity index (χ3n) is 4.08. The minimum Gasteiger partial charge on any atom is -0.357 e. The smallest absolute Gasteiger partial charge is 0.264 e. The number of carbonyl (C=O) groups excluding carboxylic acids is 1. The number of hydrogen-bond donors (Lipinski definition) is 2. The van der Waals surface area contributed by atoms with Crippen LogP contribution in [0.2, 0.25) is 0 Å². The molecule has 1 aliphatic rings. The summed E-state index contributed by atoms with van der Waals surface area (Å²) in [6.07, 6.45) is 3.87. The Morgan fingerprint density at radius 3 is 2.78 bits per heavy atom. The largest absolute Gasteiger partial charge is 0.357 e. The van der Waals surface area contributed by atoms with Crippen LogP contribution in [0.3, 0.4) is 0 Å². The number of allylic oxidation sites excluding steroid dienone is 1. The van der Waals surface area contributed by atoms with Gasteiger partial charge >= 0.3 is 0 Å². The Labute approximate surface area is 133 Å². The molecule has 7 nitrogen and oxygen atoms in total. The molecule has 1 aromatic rings. The second-order valence-corrected chi connectivity index (χ2v) is 8.41. The average Bonchev–Trinajstić information content (AvgIpc) is 3.24. The van der Waals surface area contributed by atoms with Gasteiger partial charge in [-0.05, 0) is 32.6 Å². The van der Waals surface area contributed by atoms with Crippen LogP contribution in [0.5, 0.6) is 0 Å². The quantitative estimate of drug-likeness (QED) is 0.574. The molecule has 0 aromatic carbocycles. The van der Waals surface area contributed by atoms with Gasteiger partial charge in [-0.3, -0.25) is 10.0 Å². The Balaban J connectivity index is 2.08. The molecule has 1 amide bonds. The minimum absolute atomic E-state index is 0.0367. The highest BCUT2D eigenvalue weighted by atomic mass is 32.2. The lowest BCUT2D eigenvalue weighted by molar-refractivity contribution is -0.131. The van der Waals surface area contributed by atoms with Gasteiger partial charge in [-0.15, -0.1) is 0 Å². The van der Waals surface area contributed by atoms with Crippen molar-refractivity contribution >= 4 is 21.8 Å². The lowest BCUT2D eigenvalue weighted by Gasteiger charge is -2.24. The van der Waals surface area contributed by atoms with Crippen molar-refractivity contribution in [2.45, 2.75) is 37.4 Å². The summed E-state index contributed by atoms with van der Waals surface area (Å²) in [5.41, 5.74) is 1.78. The van der Waals surface area contributed by atoms with Gasteiger partial charge in [0.15, 0.2) is 15.6 Å². The molecule has 2 rings (SSSR count). The predicted molar refractivity (Wildman–Crippen MR) is 79.8 cm³/mol. The molecule has 1 aliphatic carbocycles. The van der Waals surface area contributed by atoms with E-state index < -0.39 is 20.5 Å². The number of nitrogens with zero attached hydrogens (tertiary/aromatic N) is 1. The van der Waals surface area contributed by atoms with Gasteiger partial charge in [0.1, 0.15) is 10.6 Å². The standard InChI is InChI=1S/C14H19FN2O5S/c1-14(13(18)16-19,23(2,20)21)6-5-10-7-11(22-17-10)8-12(15)9-3-4-9/h7-9,19H,3-6H2,1-2H3,(H,16,18). The number of sulfone groups is 1. The van der Waals surface area contributed by atoms with Crippen LogP contribution in [0.15, 0.2) is 16.4 Å². The van der Waals surface area contributed by atoms with Gasteiger partial charge in [-0.1, -0.05) is 5.16 Å². The second kappa shape index (κ2) is 6.40. The monoisotopic (exact) mass is 346 g/mol. The van der Waals surface area contributed by atoms with Crippen molar-refractivity contribution in [2.75, 3.05) is 6.26 Å². The number of hydroxylamine groups is 1. The number of halogens is 1. The molecule has 1 fully saturated rings. The first-order valence-corrected chi connectivity index (χ1v) is 9.03. The molecule has 1 unspecified atom stereocenters. The Morgan fingerprint density at radius 2 is 2.26 bits per heavy atom. The molecule has 0 spiro atoms. The molecule has 0 aliphatic heterocycles. The number of carbonyl (C=O) groups is 1. The van der Waals surface area contributed by atoms with Gasteiger partial charge in [0.2, 0.25) is 0 Å². The van der Waals surface area contributed by atoms with Crippen LogP contribution in [0.4, 0.5) is 4.39 Å². The summed E-state index contributed by atoms with van der Waals surface area (Å²) < 4.78 is 40.4. The summed E-state index contributed by atoms with van der Waals surface area (Å²) in [7, 11) is -3.76. The van der Waals surface area contributed by atoms with Crippen LogP contribution in [0.25, 0.3) is 6.08 Å². The van der Waals surface area contributed by atoms with Crippen LogP contribution < -0.4 is 5.48 Å². The van der Waals surface area contributed by atoms with Crippen LogP contribution in [0.1, 0.15) is 37.6 Å². The van der Waals surface area contributed by atoms with E-state index >= 15 is 0 Å². The van der Waals surface area contributed by atoms with Gasteiger partial charge < -0.3 is 4.52 Å². The topological polar surface area (TPSA) is 110 Å². The number of aryl methyl sites for hydroxylation is 1.